The topological polar surface area (TPSA) is 54.5 Å². The molecule has 0 radical (unpaired) electrons. The van der Waals surface area contributed by atoms with Crippen molar-refractivity contribution in [1.82, 2.24) is 15.2 Å². The van der Waals surface area contributed by atoms with Crippen LogP contribution in [0.1, 0.15) is 45.0 Å². The SMILES string of the molecule is C[C@H](NC(=O)OC(C)(C)C)c1ccccc1-c1scnc1CN(C)C. The Hall–Kier alpha value is -1.92. The molecule has 5 nitrogen and oxygen atoms in total. The summed E-state index contributed by atoms with van der Waals surface area (Å²) in [6, 6.07) is 7.95. The molecule has 1 atom stereocenters. The van der Waals surface area contributed by atoms with Gasteiger partial charge < -0.3 is 15.0 Å². The Morgan fingerprint density at radius 2 is 2.00 bits per heavy atom. The number of alkyl carbamates (subject to hydrolysis) is 1. The monoisotopic (exact) mass is 361 g/mol. The Kier molecular flexibility index (Phi) is 6.19. The smallest absolute Gasteiger partial charge is 0.408 e. The van der Waals surface area contributed by atoms with Crippen LogP contribution in [-0.2, 0) is 11.3 Å². The summed E-state index contributed by atoms with van der Waals surface area (Å²) in [6.07, 6.45) is -0.410. The number of nitrogens with one attached hydrogen (secondary N) is 1. The van der Waals surface area contributed by atoms with E-state index >= 15 is 0 Å². The molecule has 2 rings (SSSR count). The maximum absolute atomic E-state index is 12.1. The highest BCUT2D eigenvalue weighted by molar-refractivity contribution is 7.13. The molecule has 136 valence electrons. The van der Waals surface area contributed by atoms with Gasteiger partial charge in [0.05, 0.1) is 22.1 Å². The fourth-order valence-electron chi connectivity index (χ4n) is 2.54. The fourth-order valence-corrected chi connectivity index (χ4v) is 3.40. The quantitative estimate of drug-likeness (QED) is 0.854. The number of nitrogens with zero attached hydrogens (tertiary/aromatic N) is 2. The molecule has 1 amide bonds. The van der Waals surface area contributed by atoms with Gasteiger partial charge in [-0.2, -0.15) is 0 Å². The van der Waals surface area contributed by atoms with Crippen molar-refractivity contribution < 1.29 is 9.53 Å². The number of rotatable bonds is 5. The van der Waals surface area contributed by atoms with Crippen LogP contribution in [0.4, 0.5) is 4.79 Å². The summed E-state index contributed by atoms with van der Waals surface area (Å²) in [4.78, 5) is 19.9. The summed E-state index contributed by atoms with van der Waals surface area (Å²) in [5, 5.41) is 2.93. The first-order valence-electron chi connectivity index (χ1n) is 8.33. The number of carbonyl (C=O) groups excluding carboxylic acids is 1. The second-order valence-corrected chi connectivity index (χ2v) is 8.18. The molecule has 1 aromatic carbocycles. The lowest BCUT2D eigenvalue weighted by molar-refractivity contribution is 0.0508. The molecule has 0 bridgehead atoms. The van der Waals surface area contributed by atoms with Crippen LogP contribution in [-0.4, -0.2) is 35.7 Å². The van der Waals surface area contributed by atoms with Gasteiger partial charge in [-0.1, -0.05) is 24.3 Å². The Morgan fingerprint density at radius 1 is 1.32 bits per heavy atom. The third kappa shape index (κ3) is 5.54. The van der Waals surface area contributed by atoms with E-state index in [0.29, 0.717) is 0 Å². The first-order chi connectivity index (χ1) is 11.7. The van der Waals surface area contributed by atoms with Gasteiger partial charge >= 0.3 is 6.09 Å². The van der Waals surface area contributed by atoms with Gasteiger partial charge in [-0.3, -0.25) is 0 Å². The van der Waals surface area contributed by atoms with E-state index in [0.717, 1.165) is 28.2 Å². The summed E-state index contributed by atoms with van der Waals surface area (Å²) >= 11 is 1.62. The van der Waals surface area contributed by atoms with Gasteiger partial charge in [0.2, 0.25) is 0 Å². The first kappa shape index (κ1) is 19.4. The summed E-state index contributed by atoms with van der Waals surface area (Å²) in [5.41, 5.74) is 4.56. The van der Waals surface area contributed by atoms with Gasteiger partial charge in [0, 0.05) is 6.54 Å². The molecular weight excluding hydrogens is 334 g/mol. The Bertz CT molecular complexity index is 719. The second kappa shape index (κ2) is 7.97. The fraction of sp³-hybridized carbons (Fsp3) is 0.474. The third-order valence-corrected chi connectivity index (χ3v) is 4.41. The number of hydrogen-bond acceptors (Lipinski definition) is 5. The van der Waals surface area contributed by atoms with E-state index in [-0.39, 0.29) is 6.04 Å². The van der Waals surface area contributed by atoms with E-state index in [1.54, 1.807) is 11.3 Å². The largest absolute Gasteiger partial charge is 0.444 e. The zero-order chi connectivity index (χ0) is 18.6. The number of aromatic nitrogens is 1. The lowest BCUT2D eigenvalue weighted by Crippen LogP contribution is -2.34. The number of benzene rings is 1. The Balaban J connectivity index is 2.26. The van der Waals surface area contributed by atoms with E-state index in [1.807, 2.05) is 65.5 Å². The van der Waals surface area contributed by atoms with Crippen LogP contribution in [0.5, 0.6) is 0 Å². The van der Waals surface area contributed by atoms with Crippen molar-refractivity contribution >= 4 is 17.4 Å². The number of amides is 1. The van der Waals surface area contributed by atoms with Crippen LogP contribution in [0.3, 0.4) is 0 Å². The van der Waals surface area contributed by atoms with Crippen molar-refractivity contribution in [3.05, 3.63) is 41.0 Å². The summed E-state index contributed by atoms with van der Waals surface area (Å²) in [7, 11) is 4.06. The van der Waals surface area contributed by atoms with Gasteiger partial charge in [-0.05, 0) is 52.9 Å². The van der Waals surface area contributed by atoms with Gasteiger partial charge in [0.15, 0.2) is 0 Å². The van der Waals surface area contributed by atoms with Gasteiger partial charge in [0.1, 0.15) is 5.60 Å². The highest BCUT2D eigenvalue weighted by Crippen LogP contribution is 2.34. The van der Waals surface area contributed by atoms with Crippen molar-refractivity contribution in [1.29, 1.82) is 0 Å². The molecular formula is C19H27N3O2S. The molecule has 1 heterocycles. The van der Waals surface area contributed by atoms with Gasteiger partial charge in [0.25, 0.3) is 0 Å². The Labute approximate surface area is 154 Å². The maximum Gasteiger partial charge on any atom is 0.408 e. The van der Waals surface area contributed by atoms with Gasteiger partial charge in [-0.25, -0.2) is 9.78 Å². The number of carbonyl (C=O) groups is 1. The minimum atomic E-state index is -0.514. The molecule has 2 aromatic rings. The molecule has 0 aliphatic rings. The van der Waals surface area contributed by atoms with E-state index in [2.05, 4.69) is 21.3 Å². The summed E-state index contributed by atoms with van der Waals surface area (Å²) < 4.78 is 5.37. The van der Waals surface area contributed by atoms with Crippen LogP contribution in [0, 0.1) is 0 Å². The lowest BCUT2D eigenvalue weighted by atomic mass is 9.99. The molecule has 0 unspecified atom stereocenters. The number of hydrogen-bond donors (Lipinski definition) is 1. The summed E-state index contributed by atoms with van der Waals surface area (Å²) in [6.45, 7) is 8.32. The number of ether oxygens (including phenoxy) is 1. The molecule has 0 saturated heterocycles. The zero-order valence-electron chi connectivity index (χ0n) is 15.8. The van der Waals surface area contributed by atoms with E-state index < -0.39 is 11.7 Å². The standard InChI is InChI=1S/C19H27N3O2S/c1-13(21-18(23)24-19(2,3)4)14-9-7-8-10-15(14)17-16(11-22(5)6)20-12-25-17/h7-10,12-13H,11H2,1-6H3,(H,21,23)/t13-/m0/s1. The van der Waals surface area contributed by atoms with Crippen molar-refractivity contribution in [2.75, 3.05) is 14.1 Å². The van der Waals surface area contributed by atoms with Crippen molar-refractivity contribution in [2.24, 2.45) is 0 Å². The predicted molar refractivity (Wildman–Crippen MR) is 103 cm³/mol. The van der Waals surface area contributed by atoms with Crippen LogP contribution in [0.15, 0.2) is 29.8 Å². The average Bonchev–Trinajstić information content (AvgIpc) is 2.92. The molecule has 1 N–H and O–H groups in total. The highest BCUT2D eigenvalue weighted by Gasteiger charge is 2.21. The molecule has 0 aliphatic heterocycles. The van der Waals surface area contributed by atoms with Crippen molar-refractivity contribution in [3.63, 3.8) is 0 Å². The van der Waals surface area contributed by atoms with Crippen molar-refractivity contribution in [3.8, 4) is 10.4 Å². The van der Waals surface area contributed by atoms with Crippen molar-refractivity contribution in [2.45, 2.75) is 45.9 Å². The van der Waals surface area contributed by atoms with Crippen LogP contribution in [0.25, 0.3) is 10.4 Å². The maximum atomic E-state index is 12.1. The number of thiazole rings is 1. The zero-order valence-corrected chi connectivity index (χ0v) is 16.6. The average molecular weight is 362 g/mol. The molecule has 25 heavy (non-hydrogen) atoms. The normalized spacial score (nSPS) is 12.9. The molecule has 0 spiro atoms. The highest BCUT2D eigenvalue weighted by atomic mass is 32.1. The van der Waals surface area contributed by atoms with E-state index in [1.165, 1.54) is 0 Å². The lowest BCUT2D eigenvalue weighted by Gasteiger charge is -2.23. The van der Waals surface area contributed by atoms with E-state index in [9.17, 15) is 4.79 Å². The minimum absolute atomic E-state index is 0.166. The molecule has 0 fully saturated rings. The minimum Gasteiger partial charge on any atom is -0.444 e. The molecule has 6 heteroatoms. The molecule has 1 aromatic heterocycles. The van der Waals surface area contributed by atoms with Gasteiger partial charge in [-0.15, -0.1) is 11.3 Å². The van der Waals surface area contributed by atoms with Crippen LogP contribution in [0.2, 0.25) is 0 Å². The molecule has 0 aliphatic carbocycles. The third-order valence-electron chi connectivity index (χ3n) is 3.51. The predicted octanol–water partition coefficient (Wildman–Crippen LogP) is 4.46. The Morgan fingerprint density at radius 3 is 2.64 bits per heavy atom. The van der Waals surface area contributed by atoms with Crippen LogP contribution < -0.4 is 5.32 Å². The first-order valence-corrected chi connectivity index (χ1v) is 9.21. The van der Waals surface area contributed by atoms with E-state index in [4.69, 9.17) is 4.74 Å². The summed E-state index contributed by atoms with van der Waals surface area (Å²) in [5.74, 6) is 0. The molecule has 0 saturated carbocycles. The second-order valence-electron chi connectivity index (χ2n) is 7.32. The van der Waals surface area contributed by atoms with Crippen LogP contribution >= 0.6 is 11.3 Å².